The van der Waals surface area contributed by atoms with Crippen LogP contribution in [0.5, 0.6) is 0 Å². The summed E-state index contributed by atoms with van der Waals surface area (Å²) in [6.45, 7) is 2.16. The standard InChI is InChI=1S/C20H23NO5S2/c1-13-8-9-15-16(12-13)27-19(18(15)20(23)26-2)21-17(22)10-11-28(24,25)14-6-4-3-5-7-14/h3-7,13H,8-12H2,1-2H3,(H,21,22)/t13-/m0/s1. The van der Waals surface area contributed by atoms with Gasteiger partial charge >= 0.3 is 5.97 Å². The third kappa shape index (κ3) is 4.44. The van der Waals surface area contributed by atoms with Gasteiger partial charge in [0, 0.05) is 11.3 Å². The van der Waals surface area contributed by atoms with E-state index in [-0.39, 0.29) is 17.1 Å². The van der Waals surface area contributed by atoms with Crippen LogP contribution in [-0.4, -0.2) is 33.2 Å². The predicted octanol–water partition coefficient (Wildman–Crippen LogP) is 3.46. The topological polar surface area (TPSA) is 89.5 Å². The zero-order valence-corrected chi connectivity index (χ0v) is 17.5. The Bertz CT molecular complexity index is 980. The number of carbonyl (C=O) groups is 2. The maximum atomic E-state index is 12.4. The molecule has 1 heterocycles. The van der Waals surface area contributed by atoms with Crippen molar-refractivity contribution in [1.82, 2.24) is 0 Å². The van der Waals surface area contributed by atoms with Gasteiger partial charge in [0.1, 0.15) is 5.00 Å². The molecule has 1 aromatic heterocycles. The molecule has 1 N–H and O–H groups in total. The lowest BCUT2D eigenvalue weighted by molar-refractivity contribution is -0.115. The number of hydrogen-bond acceptors (Lipinski definition) is 6. The molecule has 1 aliphatic carbocycles. The minimum atomic E-state index is -3.54. The summed E-state index contributed by atoms with van der Waals surface area (Å²) in [6.07, 6.45) is 2.44. The summed E-state index contributed by atoms with van der Waals surface area (Å²) in [5, 5.41) is 3.19. The lowest BCUT2D eigenvalue weighted by Crippen LogP contribution is -2.19. The number of fused-ring (bicyclic) bond motifs is 1. The van der Waals surface area contributed by atoms with Crippen LogP contribution in [0.3, 0.4) is 0 Å². The molecule has 3 rings (SSSR count). The van der Waals surface area contributed by atoms with Crippen LogP contribution in [0, 0.1) is 5.92 Å². The van der Waals surface area contributed by atoms with Gasteiger partial charge < -0.3 is 10.1 Å². The molecule has 8 heteroatoms. The third-order valence-corrected chi connectivity index (χ3v) is 7.76. The molecule has 0 fully saturated rings. The van der Waals surface area contributed by atoms with Crippen LogP contribution in [-0.2, 0) is 32.2 Å². The fourth-order valence-corrected chi connectivity index (χ4v) is 6.00. The van der Waals surface area contributed by atoms with Gasteiger partial charge in [-0.15, -0.1) is 11.3 Å². The average molecular weight is 422 g/mol. The summed E-state index contributed by atoms with van der Waals surface area (Å²) < 4.78 is 29.6. The number of esters is 1. The number of carbonyl (C=O) groups excluding carboxylic acids is 2. The van der Waals surface area contributed by atoms with Crippen LogP contribution in [0.2, 0.25) is 0 Å². The number of nitrogens with one attached hydrogen (secondary N) is 1. The van der Waals surface area contributed by atoms with E-state index in [2.05, 4.69) is 12.2 Å². The molecule has 1 amide bonds. The van der Waals surface area contributed by atoms with E-state index in [1.54, 1.807) is 18.2 Å². The van der Waals surface area contributed by atoms with Crippen LogP contribution in [0.25, 0.3) is 0 Å². The van der Waals surface area contributed by atoms with Gasteiger partial charge in [-0.05, 0) is 42.9 Å². The van der Waals surface area contributed by atoms with Gasteiger partial charge in [0.15, 0.2) is 9.84 Å². The number of methoxy groups -OCH3 is 1. The molecule has 1 aromatic carbocycles. The molecule has 0 unspecified atom stereocenters. The van der Waals surface area contributed by atoms with Crippen molar-refractivity contribution in [3.8, 4) is 0 Å². The summed E-state index contributed by atoms with van der Waals surface area (Å²) in [5.74, 6) is -0.676. The van der Waals surface area contributed by atoms with Gasteiger partial charge in [-0.1, -0.05) is 25.1 Å². The van der Waals surface area contributed by atoms with Gasteiger partial charge in [0.05, 0.1) is 23.3 Å². The summed E-state index contributed by atoms with van der Waals surface area (Å²) in [7, 11) is -2.22. The van der Waals surface area contributed by atoms with Crippen LogP contribution in [0.4, 0.5) is 5.00 Å². The predicted molar refractivity (Wildman–Crippen MR) is 109 cm³/mol. The number of benzene rings is 1. The first-order valence-corrected chi connectivity index (χ1v) is 11.6. The highest BCUT2D eigenvalue weighted by atomic mass is 32.2. The van der Waals surface area contributed by atoms with E-state index in [1.165, 1.54) is 30.6 Å². The molecule has 0 bridgehead atoms. The smallest absolute Gasteiger partial charge is 0.341 e. The van der Waals surface area contributed by atoms with Crippen LogP contribution in [0.15, 0.2) is 35.2 Å². The Kier molecular flexibility index (Phi) is 6.20. The lowest BCUT2D eigenvalue weighted by atomic mass is 9.88. The van der Waals surface area contributed by atoms with E-state index in [4.69, 9.17) is 4.74 Å². The zero-order chi connectivity index (χ0) is 20.3. The highest BCUT2D eigenvalue weighted by molar-refractivity contribution is 7.91. The first-order chi connectivity index (χ1) is 13.3. The molecule has 2 aromatic rings. The fourth-order valence-electron chi connectivity index (χ4n) is 3.32. The van der Waals surface area contributed by atoms with Crippen molar-refractivity contribution < 1.29 is 22.7 Å². The largest absolute Gasteiger partial charge is 0.465 e. The van der Waals surface area contributed by atoms with E-state index >= 15 is 0 Å². The fraction of sp³-hybridized carbons (Fsp3) is 0.400. The Morgan fingerprint density at radius 3 is 2.64 bits per heavy atom. The molecule has 150 valence electrons. The highest BCUT2D eigenvalue weighted by Gasteiger charge is 2.29. The van der Waals surface area contributed by atoms with Crippen molar-refractivity contribution in [2.75, 3.05) is 18.2 Å². The first kappa shape index (κ1) is 20.5. The van der Waals surface area contributed by atoms with E-state index in [0.717, 1.165) is 29.7 Å². The molecule has 1 atom stereocenters. The molecular weight excluding hydrogens is 398 g/mol. The highest BCUT2D eigenvalue weighted by Crippen LogP contribution is 2.40. The van der Waals surface area contributed by atoms with Gasteiger partial charge in [-0.2, -0.15) is 0 Å². The molecule has 0 saturated heterocycles. The van der Waals surface area contributed by atoms with Crippen molar-refractivity contribution in [3.63, 3.8) is 0 Å². The number of amides is 1. The molecule has 0 aliphatic heterocycles. The van der Waals surface area contributed by atoms with Crippen LogP contribution in [0.1, 0.15) is 40.6 Å². The average Bonchev–Trinajstić information content (AvgIpc) is 3.03. The normalized spacial score (nSPS) is 16.3. The number of sulfone groups is 1. The van der Waals surface area contributed by atoms with E-state index in [0.29, 0.717) is 16.5 Å². The Labute approximate surface area is 168 Å². The van der Waals surface area contributed by atoms with Gasteiger partial charge in [0.2, 0.25) is 5.91 Å². The number of thiophene rings is 1. The number of anilines is 1. The van der Waals surface area contributed by atoms with Crippen LogP contribution >= 0.6 is 11.3 Å². The number of ether oxygens (including phenoxy) is 1. The van der Waals surface area contributed by atoms with Crippen molar-refractivity contribution >= 4 is 38.1 Å². The summed E-state index contributed by atoms with van der Waals surface area (Å²) in [5.41, 5.74) is 1.36. The second-order valence-electron chi connectivity index (χ2n) is 6.98. The minimum Gasteiger partial charge on any atom is -0.465 e. The molecule has 6 nitrogen and oxygen atoms in total. The van der Waals surface area contributed by atoms with Crippen molar-refractivity contribution in [3.05, 3.63) is 46.3 Å². The zero-order valence-electron chi connectivity index (χ0n) is 15.9. The Hall–Kier alpha value is -2.19. The number of hydrogen-bond donors (Lipinski definition) is 1. The van der Waals surface area contributed by atoms with Crippen molar-refractivity contribution in [2.45, 2.75) is 37.5 Å². The maximum Gasteiger partial charge on any atom is 0.341 e. The molecular formula is C20H23NO5S2. The SMILES string of the molecule is COC(=O)c1c(NC(=O)CCS(=O)(=O)c2ccccc2)sc2c1CC[C@H](C)C2. The monoisotopic (exact) mass is 421 g/mol. The van der Waals surface area contributed by atoms with E-state index in [9.17, 15) is 18.0 Å². The second kappa shape index (κ2) is 8.45. The summed E-state index contributed by atoms with van der Waals surface area (Å²) in [6, 6.07) is 8.05. The van der Waals surface area contributed by atoms with Gasteiger partial charge in [-0.3, -0.25) is 4.79 Å². The molecule has 0 radical (unpaired) electrons. The minimum absolute atomic E-state index is 0.184. The van der Waals surface area contributed by atoms with E-state index in [1.807, 2.05) is 0 Å². The summed E-state index contributed by atoms with van der Waals surface area (Å²) >= 11 is 1.39. The quantitative estimate of drug-likeness (QED) is 0.722. The van der Waals surface area contributed by atoms with Crippen molar-refractivity contribution in [1.29, 1.82) is 0 Å². The van der Waals surface area contributed by atoms with Crippen molar-refractivity contribution in [2.24, 2.45) is 5.92 Å². The molecule has 0 spiro atoms. The molecule has 1 aliphatic rings. The second-order valence-corrected chi connectivity index (χ2v) is 10.2. The van der Waals surface area contributed by atoms with E-state index < -0.39 is 21.7 Å². The van der Waals surface area contributed by atoms with Gasteiger partial charge in [0.25, 0.3) is 0 Å². The Morgan fingerprint density at radius 1 is 1.25 bits per heavy atom. The van der Waals surface area contributed by atoms with Crippen LogP contribution < -0.4 is 5.32 Å². The Morgan fingerprint density at radius 2 is 1.96 bits per heavy atom. The Balaban J connectivity index is 1.74. The maximum absolute atomic E-state index is 12.4. The van der Waals surface area contributed by atoms with Gasteiger partial charge in [-0.25, -0.2) is 13.2 Å². The lowest BCUT2D eigenvalue weighted by Gasteiger charge is -2.18. The number of rotatable bonds is 6. The first-order valence-electron chi connectivity index (χ1n) is 9.12. The molecule has 28 heavy (non-hydrogen) atoms. The summed E-state index contributed by atoms with van der Waals surface area (Å²) in [4.78, 5) is 26.0. The third-order valence-electron chi connectivity index (χ3n) is 4.85. The molecule has 0 saturated carbocycles.